The average molecular weight is 555 g/mol. The normalized spacial score (nSPS) is 14.5. The number of carbonyl (C=O) groups is 2. The maximum absolute atomic E-state index is 13.5. The molecule has 9 heteroatoms. The summed E-state index contributed by atoms with van der Waals surface area (Å²) in [7, 11) is 3.23. The first kappa shape index (κ1) is 27.9. The molecule has 9 nitrogen and oxygen atoms in total. The van der Waals surface area contributed by atoms with Gasteiger partial charge >= 0.3 is 0 Å². The van der Waals surface area contributed by atoms with E-state index in [2.05, 4.69) is 5.32 Å². The summed E-state index contributed by atoms with van der Waals surface area (Å²) in [6.45, 7) is 2.83. The molecule has 0 aliphatic carbocycles. The van der Waals surface area contributed by atoms with Crippen molar-refractivity contribution in [2.75, 3.05) is 39.2 Å². The summed E-state index contributed by atoms with van der Waals surface area (Å²) in [4.78, 5) is 33.2. The number of amides is 2. The van der Waals surface area contributed by atoms with Crippen LogP contribution in [0.15, 0.2) is 79.0 Å². The summed E-state index contributed by atoms with van der Waals surface area (Å²) in [5.41, 5.74) is 3.92. The first-order chi connectivity index (χ1) is 19.9. The van der Waals surface area contributed by atoms with E-state index >= 15 is 0 Å². The van der Waals surface area contributed by atoms with Gasteiger partial charge in [0.15, 0.2) is 0 Å². The van der Waals surface area contributed by atoms with Gasteiger partial charge in [0.2, 0.25) is 11.9 Å². The summed E-state index contributed by atoms with van der Waals surface area (Å²) in [5.74, 6) is 1.22. The summed E-state index contributed by atoms with van der Waals surface area (Å²) in [6, 6.07) is 22.4. The van der Waals surface area contributed by atoms with Crippen LogP contribution >= 0.6 is 0 Å². The number of hydrogen-bond acceptors (Lipinski definition) is 6. The number of aryl methyl sites for hydroxylation is 1. The molecule has 1 unspecified atom stereocenters. The van der Waals surface area contributed by atoms with Crippen molar-refractivity contribution < 1.29 is 23.8 Å². The molecule has 1 saturated heterocycles. The fourth-order valence-electron chi connectivity index (χ4n) is 4.78. The monoisotopic (exact) mass is 554 g/mol. The van der Waals surface area contributed by atoms with E-state index in [1.54, 1.807) is 31.3 Å². The SMILES string of the molecule is COc1ccc(-c2cn(-c3ccc(OC)cc3)c(NC(=O)CN(CC3CCCO3)C(=O)c3ccc(C)cc3)n2)cc1. The molecule has 2 amide bonds. The van der Waals surface area contributed by atoms with Crippen molar-refractivity contribution in [3.05, 3.63) is 90.1 Å². The maximum Gasteiger partial charge on any atom is 0.254 e. The second-order valence-corrected chi connectivity index (χ2v) is 9.98. The number of nitrogens with one attached hydrogen (secondary N) is 1. The van der Waals surface area contributed by atoms with Gasteiger partial charge in [0.25, 0.3) is 5.91 Å². The Morgan fingerprint density at radius 1 is 0.976 bits per heavy atom. The van der Waals surface area contributed by atoms with Gasteiger partial charge < -0.3 is 19.1 Å². The van der Waals surface area contributed by atoms with Crippen molar-refractivity contribution in [1.29, 1.82) is 0 Å². The minimum atomic E-state index is -0.356. The van der Waals surface area contributed by atoms with Gasteiger partial charge in [-0.2, -0.15) is 0 Å². The number of imidazole rings is 1. The number of nitrogens with zero attached hydrogens (tertiary/aromatic N) is 3. The third-order valence-corrected chi connectivity index (χ3v) is 7.06. The average Bonchev–Trinajstić information content (AvgIpc) is 3.67. The molecular weight excluding hydrogens is 520 g/mol. The van der Waals surface area contributed by atoms with Crippen molar-refractivity contribution in [2.45, 2.75) is 25.9 Å². The summed E-state index contributed by atoms with van der Waals surface area (Å²) < 4.78 is 18.2. The number of benzene rings is 3. The molecule has 0 radical (unpaired) electrons. The van der Waals surface area contributed by atoms with Crippen molar-refractivity contribution in [3.8, 4) is 28.4 Å². The molecule has 3 aromatic carbocycles. The lowest BCUT2D eigenvalue weighted by Crippen LogP contribution is -2.42. The third kappa shape index (κ3) is 6.75. The molecule has 4 aromatic rings. The van der Waals surface area contributed by atoms with Crippen molar-refractivity contribution in [3.63, 3.8) is 0 Å². The van der Waals surface area contributed by atoms with Crippen LogP contribution in [0.25, 0.3) is 16.9 Å². The number of rotatable bonds is 10. The predicted molar refractivity (Wildman–Crippen MR) is 157 cm³/mol. The fourth-order valence-corrected chi connectivity index (χ4v) is 4.78. The van der Waals surface area contributed by atoms with E-state index < -0.39 is 0 Å². The standard InChI is InChI=1S/C32H34N4O5/c1-22-6-8-24(9-7-22)31(38)35(19-28-5-4-18-41-28)21-30(37)34-32-33-29(23-10-14-26(39-2)15-11-23)20-36(32)25-12-16-27(40-3)17-13-25/h6-17,20,28H,4-5,18-19,21H2,1-3H3,(H,33,34,37). The number of hydrogen-bond donors (Lipinski definition) is 1. The largest absolute Gasteiger partial charge is 0.497 e. The van der Waals surface area contributed by atoms with Gasteiger partial charge in [0, 0.05) is 36.2 Å². The van der Waals surface area contributed by atoms with Crippen LogP contribution in [0.5, 0.6) is 11.5 Å². The molecule has 2 heterocycles. The Hall–Kier alpha value is -4.63. The molecule has 0 spiro atoms. The Bertz CT molecular complexity index is 1470. The zero-order valence-corrected chi connectivity index (χ0v) is 23.5. The van der Waals surface area contributed by atoms with Gasteiger partial charge in [-0.3, -0.25) is 19.5 Å². The van der Waals surface area contributed by atoms with Gasteiger partial charge in [-0.25, -0.2) is 4.98 Å². The van der Waals surface area contributed by atoms with Gasteiger partial charge in [0.1, 0.15) is 18.0 Å². The molecule has 1 fully saturated rings. The molecule has 1 N–H and O–H groups in total. The van der Waals surface area contributed by atoms with Crippen molar-refractivity contribution in [1.82, 2.24) is 14.5 Å². The smallest absolute Gasteiger partial charge is 0.254 e. The van der Waals surface area contributed by atoms with E-state index in [1.165, 1.54) is 0 Å². The van der Waals surface area contributed by atoms with Gasteiger partial charge in [0.05, 0.1) is 26.0 Å². The topological polar surface area (TPSA) is 94.9 Å². The third-order valence-electron chi connectivity index (χ3n) is 7.06. The minimum absolute atomic E-state index is 0.0971. The minimum Gasteiger partial charge on any atom is -0.497 e. The number of ether oxygens (including phenoxy) is 3. The summed E-state index contributed by atoms with van der Waals surface area (Å²) >= 11 is 0. The highest BCUT2D eigenvalue weighted by Gasteiger charge is 2.26. The Morgan fingerprint density at radius 2 is 1.63 bits per heavy atom. The van der Waals surface area contributed by atoms with E-state index in [4.69, 9.17) is 19.2 Å². The second-order valence-electron chi connectivity index (χ2n) is 9.98. The zero-order valence-electron chi connectivity index (χ0n) is 23.5. The lowest BCUT2D eigenvalue weighted by Gasteiger charge is -2.25. The van der Waals surface area contributed by atoms with Crippen LogP contribution < -0.4 is 14.8 Å². The summed E-state index contributed by atoms with van der Waals surface area (Å²) in [6.07, 6.45) is 3.56. The van der Waals surface area contributed by atoms with Crippen LogP contribution in [0.1, 0.15) is 28.8 Å². The van der Waals surface area contributed by atoms with Gasteiger partial charge in [-0.05, 0) is 80.4 Å². The highest BCUT2D eigenvalue weighted by atomic mass is 16.5. The van der Waals surface area contributed by atoms with Crippen LogP contribution in [0.2, 0.25) is 0 Å². The molecule has 41 heavy (non-hydrogen) atoms. The molecule has 1 aliphatic heterocycles. The van der Waals surface area contributed by atoms with Crippen LogP contribution in [0.3, 0.4) is 0 Å². The first-order valence-electron chi connectivity index (χ1n) is 13.6. The van der Waals surface area contributed by atoms with Crippen molar-refractivity contribution >= 4 is 17.8 Å². The van der Waals surface area contributed by atoms with Crippen LogP contribution in [0.4, 0.5) is 5.95 Å². The maximum atomic E-state index is 13.5. The first-order valence-corrected chi connectivity index (χ1v) is 13.6. The van der Waals surface area contributed by atoms with Crippen LogP contribution in [-0.4, -0.2) is 66.3 Å². The lowest BCUT2D eigenvalue weighted by atomic mass is 10.1. The van der Waals surface area contributed by atoms with E-state index in [0.29, 0.717) is 36.1 Å². The van der Waals surface area contributed by atoms with Crippen molar-refractivity contribution in [2.24, 2.45) is 0 Å². The molecule has 1 atom stereocenters. The lowest BCUT2D eigenvalue weighted by molar-refractivity contribution is -0.117. The quantitative estimate of drug-likeness (QED) is 0.292. The molecule has 0 bridgehead atoms. The number of aromatic nitrogens is 2. The number of methoxy groups -OCH3 is 2. The van der Waals surface area contributed by atoms with E-state index in [-0.39, 0.29) is 24.5 Å². The Morgan fingerprint density at radius 3 is 2.24 bits per heavy atom. The molecule has 1 aliphatic rings. The predicted octanol–water partition coefficient (Wildman–Crippen LogP) is 5.12. The fraction of sp³-hybridized carbons (Fsp3) is 0.281. The van der Waals surface area contributed by atoms with E-state index in [0.717, 1.165) is 35.4 Å². The van der Waals surface area contributed by atoms with Gasteiger partial charge in [-0.1, -0.05) is 17.7 Å². The van der Waals surface area contributed by atoms with E-state index in [9.17, 15) is 9.59 Å². The second kappa shape index (κ2) is 12.7. The Balaban J connectivity index is 1.41. The Labute approximate surface area is 239 Å². The highest BCUT2D eigenvalue weighted by Crippen LogP contribution is 2.27. The van der Waals surface area contributed by atoms with E-state index in [1.807, 2.05) is 78.4 Å². The molecule has 212 valence electrons. The molecule has 0 saturated carbocycles. The molecular formula is C32H34N4O5. The molecule has 1 aromatic heterocycles. The van der Waals surface area contributed by atoms with Gasteiger partial charge in [-0.15, -0.1) is 0 Å². The number of anilines is 1. The Kier molecular flexibility index (Phi) is 8.64. The molecule has 5 rings (SSSR count). The summed E-state index contributed by atoms with van der Waals surface area (Å²) in [5, 5.41) is 2.94. The highest BCUT2D eigenvalue weighted by molar-refractivity contribution is 5.99. The van der Waals surface area contributed by atoms with Crippen LogP contribution in [0, 0.1) is 6.92 Å². The zero-order chi connectivity index (χ0) is 28.8. The van der Waals surface area contributed by atoms with Crippen LogP contribution in [-0.2, 0) is 9.53 Å². The number of carbonyl (C=O) groups excluding carboxylic acids is 2.